The fourth-order valence-electron chi connectivity index (χ4n) is 4.40. The fourth-order valence-corrected chi connectivity index (χ4v) is 5.05. The number of carbonyl (C=O) groups is 2. The average molecular weight is 429 g/mol. The molecular weight excluding hydrogens is 404 g/mol. The number of methoxy groups -OCH3 is 1. The molecule has 1 amide bonds. The minimum absolute atomic E-state index is 0.0959. The van der Waals surface area contributed by atoms with E-state index in [0.29, 0.717) is 11.6 Å². The molecule has 2 bridgehead atoms. The molecular formula is C21H24N4O4S. The van der Waals surface area contributed by atoms with Crippen LogP contribution in [0.3, 0.4) is 0 Å². The van der Waals surface area contributed by atoms with Gasteiger partial charge in [-0.05, 0) is 60.3 Å². The second kappa shape index (κ2) is 8.85. The topological polar surface area (TPSA) is 108 Å². The van der Waals surface area contributed by atoms with Gasteiger partial charge in [-0.15, -0.1) is 0 Å². The van der Waals surface area contributed by atoms with Crippen molar-refractivity contribution in [3.05, 3.63) is 34.7 Å². The molecule has 158 valence electrons. The largest absolute Gasteiger partial charge is 0.496 e. The van der Waals surface area contributed by atoms with Crippen LogP contribution in [0.15, 0.2) is 29.0 Å². The van der Waals surface area contributed by atoms with Crippen molar-refractivity contribution in [3.8, 4) is 16.9 Å². The third kappa shape index (κ3) is 3.90. The number of aromatic nitrogens is 2. The maximum atomic E-state index is 13.0. The zero-order chi connectivity index (χ0) is 21.1. The van der Waals surface area contributed by atoms with Gasteiger partial charge in [0.25, 0.3) is 12.4 Å². The Bertz CT molecular complexity index is 1030. The highest BCUT2D eigenvalue weighted by Gasteiger charge is 2.35. The van der Waals surface area contributed by atoms with Crippen molar-refractivity contribution in [1.82, 2.24) is 20.4 Å². The number of carbonyl (C=O) groups excluding carboxylic acids is 1. The summed E-state index contributed by atoms with van der Waals surface area (Å²) >= 11 is 1.64. The molecule has 3 aliphatic heterocycles. The number of nitrogens with zero attached hydrogens (tertiary/aromatic N) is 2. The Morgan fingerprint density at radius 1 is 1.40 bits per heavy atom. The summed E-state index contributed by atoms with van der Waals surface area (Å²) in [7, 11) is 1.66. The standard InChI is InChI=1S/C20H22N4O2S.CH2O2/c1-26-18-9-16-15(8-14(18)13-4-7-27-11-13)19(23-22-16)20(25)21-17-10-24-5-2-12(17)3-6-24;2-1-3/h4,7-9,11-12,17H,2-3,5-6,10H2,1H3,(H,21,25)(H,22,23);1H,(H,2,3)/t17-;/m1./s1. The minimum Gasteiger partial charge on any atom is -0.496 e. The van der Waals surface area contributed by atoms with Crippen LogP contribution in [-0.4, -0.2) is 65.4 Å². The van der Waals surface area contributed by atoms with E-state index in [0.717, 1.165) is 47.4 Å². The number of thiophene rings is 1. The molecule has 0 aliphatic carbocycles. The van der Waals surface area contributed by atoms with Gasteiger partial charge in [0.2, 0.25) is 0 Å². The molecule has 6 rings (SSSR count). The summed E-state index contributed by atoms with van der Waals surface area (Å²) in [4.78, 5) is 23.8. The van der Waals surface area contributed by atoms with Crippen LogP contribution in [0.4, 0.5) is 0 Å². The van der Waals surface area contributed by atoms with Crippen molar-refractivity contribution in [2.75, 3.05) is 26.7 Å². The highest BCUT2D eigenvalue weighted by atomic mass is 32.1. The molecule has 3 aliphatic rings. The Balaban J connectivity index is 0.000000687. The lowest BCUT2D eigenvalue weighted by molar-refractivity contribution is -0.122. The van der Waals surface area contributed by atoms with Crippen molar-refractivity contribution in [2.24, 2.45) is 5.92 Å². The quantitative estimate of drug-likeness (QED) is 0.552. The number of aromatic amines is 1. The lowest BCUT2D eigenvalue weighted by Gasteiger charge is -2.44. The van der Waals surface area contributed by atoms with Crippen LogP contribution in [0.5, 0.6) is 5.75 Å². The van der Waals surface area contributed by atoms with E-state index in [2.05, 4.69) is 31.9 Å². The number of benzene rings is 1. The van der Waals surface area contributed by atoms with Crippen LogP contribution in [0.25, 0.3) is 22.0 Å². The number of hydrogen-bond donors (Lipinski definition) is 3. The van der Waals surface area contributed by atoms with Crippen LogP contribution >= 0.6 is 11.3 Å². The van der Waals surface area contributed by atoms with Crippen LogP contribution < -0.4 is 10.1 Å². The molecule has 0 spiro atoms. The van der Waals surface area contributed by atoms with Crippen molar-refractivity contribution in [2.45, 2.75) is 18.9 Å². The first kappa shape index (κ1) is 20.4. The first-order chi connectivity index (χ1) is 14.6. The second-order valence-electron chi connectivity index (χ2n) is 7.51. The van der Waals surface area contributed by atoms with E-state index >= 15 is 0 Å². The summed E-state index contributed by atoms with van der Waals surface area (Å²) in [5.74, 6) is 1.26. The van der Waals surface area contributed by atoms with E-state index in [1.54, 1.807) is 18.4 Å². The highest BCUT2D eigenvalue weighted by Crippen LogP contribution is 2.36. The zero-order valence-corrected chi connectivity index (χ0v) is 17.4. The Labute approximate surface area is 177 Å². The highest BCUT2D eigenvalue weighted by molar-refractivity contribution is 7.08. The zero-order valence-electron chi connectivity index (χ0n) is 16.6. The van der Waals surface area contributed by atoms with E-state index in [-0.39, 0.29) is 18.4 Å². The van der Waals surface area contributed by atoms with Gasteiger partial charge >= 0.3 is 0 Å². The number of fused-ring (bicyclic) bond motifs is 4. The maximum Gasteiger partial charge on any atom is 0.290 e. The number of hydrogen-bond acceptors (Lipinski definition) is 6. The van der Waals surface area contributed by atoms with Gasteiger partial charge in [-0.25, -0.2) is 0 Å². The average Bonchev–Trinajstić information content (AvgIpc) is 3.44. The Kier molecular flexibility index (Phi) is 6.01. The molecule has 0 saturated carbocycles. The number of nitrogens with one attached hydrogen (secondary N) is 2. The Hall–Kier alpha value is -2.91. The summed E-state index contributed by atoms with van der Waals surface area (Å²) in [6.07, 6.45) is 2.34. The van der Waals surface area contributed by atoms with Gasteiger partial charge in [-0.2, -0.15) is 16.4 Å². The third-order valence-corrected chi connectivity index (χ3v) is 6.59. The molecule has 3 saturated heterocycles. The molecule has 8 nitrogen and oxygen atoms in total. The molecule has 5 heterocycles. The number of carboxylic acid groups (broad SMARTS) is 1. The molecule has 1 atom stereocenters. The van der Waals surface area contributed by atoms with Gasteiger partial charge in [0, 0.05) is 29.6 Å². The summed E-state index contributed by atoms with van der Waals surface area (Å²) in [6.45, 7) is 3.02. The summed E-state index contributed by atoms with van der Waals surface area (Å²) in [5, 5.41) is 22.4. The smallest absolute Gasteiger partial charge is 0.290 e. The number of piperidine rings is 3. The predicted octanol–water partition coefficient (Wildman–Crippen LogP) is 2.82. The van der Waals surface area contributed by atoms with Gasteiger partial charge in [-0.3, -0.25) is 14.7 Å². The van der Waals surface area contributed by atoms with Gasteiger partial charge in [0.05, 0.1) is 12.6 Å². The van der Waals surface area contributed by atoms with Gasteiger partial charge in [-0.1, -0.05) is 0 Å². The molecule has 3 aromatic rings. The number of ether oxygens (including phenoxy) is 1. The van der Waals surface area contributed by atoms with Crippen molar-refractivity contribution in [3.63, 3.8) is 0 Å². The minimum atomic E-state index is -0.250. The van der Waals surface area contributed by atoms with E-state index in [1.807, 2.05) is 17.5 Å². The number of rotatable bonds is 4. The van der Waals surface area contributed by atoms with Crippen molar-refractivity contribution in [1.29, 1.82) is 0 Å². The van der Waals surface area contributed by atoms with Crippen LogP contribution in [0.1, 0.15) is 23.3 Å². The first-order valence-electron chi connectivity index (χ1n) is 9.84. The van der Waals surface area contributed by atoms with Gasteiger partial charge < -0.3 is 20.1 Å². The maximum absolute atomic E-state index is 13.0. The Morgan fingerprint density at radius 3 is 2.77 bits per heavy atom. The molecule has 30 heavy (non-hydrogen) atoms. The summed E-state index contributed by atoms with van der Waals surface area (Å²) < 4.78 is 5.55. The van der Waals surface area contributed by atoms with Gasteiger partial charge in [0.15, 0.2) is 5.69 Å². The van der Waals surface area contributed by atoms with Crippen LogP contribution in [-0.2, 0) is 4.79 Å². The number of H-pyrrole nitrogens is 1. The fraction of sp³-hybridized carbons (Fsp3) is 0.381. The van der Waals surface area contributed by atoms with E-state index < -0.39 is 0 Å². The Morgan fingerprint density at radius 2 is 2.17 bits per heavy atom. The predicted molar refractivity (Wildman–Crippen MR) is 115 cm³/mol. The monoisotopic (exact) mass is 428 g/mol. The van der Waals surface area contributed by atoms with E-state index in [4.69, 9.17) is 14.6 Å². The van der Waals surface area contributed by atoms with Crippen LogP contribution in [0, 0.1) is 5.92 Å². The molecule has 1 aromatic carbocycles. The van der Waals surface area contributed by atoms with E-state index in [1.165, 1.54) is 12.8 Å². The molecule has 3 N–H and O–H groups in total. The molecule has 0 radical (unpaired) electrons. The molecule has 3 fully saturated rings. The summed E-state index contributed by atoms with van der Waals surface area (Å²) in [5.41, 5.74) is 3.33. The van der Waals surface area contributed by atoms with E-state index in [9.17, 15) is 4.79 Å². The molecule has 9 heteroatoms. The van der Waals surface area contributed by atoms with Gasteiger partial charge in [0.1, 0.15) is 5.75 Å². The second-order valence-corrected chi connectivity index (χ2v) is 8.29. The van der Waals surface area contributed by atoms with Crippen molar-refractivity contribution >= 4 is 34.6 Å². The lowest BCUT2D eigenvalue weighted by atomic mass is 9.84. The molecule has 0 unspecified atom stereocenters. The molecule has 2 aromatic heterocycles. The van der Waals surface area contributed by atoms with Crippen LogP contribution in [0.2, 0.25) is 0 Å². The first-order valence-corrected chi connectivity index (χ1v) is 10.8. The summed E-state index contributed by atoms with van der Waals surface area (Å²) in [6, 6.07) is 6.20. The normalized spacial score (nSPS) is 22.2. The lowest BCUT2D eigenvalue weighted by Crippen LogP contribution is -2.57. The third-order valence-electron chi connectivity index (χ3n) is 5.90. The number of amides is 1. The van der Waals surface area contributed by atoms with Crippen molar-refractivity contribution < 1.29 is 19.4 Å². The SMILES string of the molecule is COc1cc2[nH]nc(C(=O)N[C@@H]3CN4CCC3CC4)c2cc1-c1ccsc1.O=CO.